The van der Waals surface area contributed by atoms with E-state index in [0.717, 1.165) is 12.1 Å². The third kappa shape index (κ3) is 4.63. The highest BCUT2D eigenvalue weighted by molar-refractivity contribution is 6.32. The van der Waals surface area contributed by atoms with E-state index >= 15 is 0 Å². The maximum absolute atomic E-state index is 11.8. The molecule has 1 atom stereocenters. The average molecular weight is 286 g/mol. The second-order valence-electron chi connectivity index (χ2n) is 4.09. The normalized spacial score (nSPS) is 11.8. The molecule has 4 nitrogen and oxygen atoms in total. The van der Waals surface area contributed by atoms with Gasteiger partial charge in [0.2, 0.25) is 0 Å². The molecule has 0 radical (unpaired) electrons. The molecular formula is C14H20ClNO3. The predicted molar refractivity (Wildman–Crippen MR) is 77.0 cm³/mol. The third-order valence-electron chi connectivity index (χ3n) is 2.64. The lowest BCUT2D eigenvalue weighted by molar-refractivity contribution is -0.144. The van der Waals surface area contributed by atoms with Crippen molar-refractivity contribution in [3.63, 3.8) is 0 Å². The number of benzene rings is 1. The topological polar surface area (TPSA) is 47.6 Å². The van der Waals surface area contributed by atoms with Crippen molar-refractivity contribution in [3.05, 3.63) is 23.2 Å². The summed E-state index contributed by atoms with van der Waals surface area (Å²) in [5.74, 6) is 0.367. The quantitative estimate of drug-likeness (QED) is 0.779. The molecule has 106 valence electrons. The molecule has 0 aliphatic carbocycles. The first kappa shape index (κ1) is 15.6. The molecule has 0 bridgehead atoms. The number of methoxy groups -OCH3 is 1. The zero-order valence-electron chi connectivity index (χ0n) is 11.5. The molecule has 0 aliphatic rings. The Labute approximate surface area is 119 Å². The number of rotatable bonds is 7. The largest absolute Gasteiger partial charge is 0.495 e. The van der Waals surface area contributed by atoms with Gasteiger partial charge < -0.3 is 14.8 Å². The molecule has 0 heterocycles. The summed E-state index contributed by atoms with van der Waals surface area (Å²) < 4.78 is 10.1. The first-order valence-electron chi connectivity index (χ1n) is 6.39. The van der Waals surface area contributed by atoms with Crippen LogP contribution >= 0.6 is 11.6 Å². The second-order valence-corrected chi connectivity index (χ2v) is 4.49. The summed E-state index contributed by atoms with van der Waals surface area (Å²) in [5, 5.41) is 3.65. The van der Waals surface area contributed by atoms with Crippen LogP contribution in [0.15, 0.2) is 18.2 Å². The van der Waals surface area contributed by atoms with Crippen molar-refractivity contribution in [1.82, 2.24) is 0 Å². The number of carbonyl (C=O) groups is 1. The minimum atomic E-state index is -0.352. The molecule has 1 N–H and O–H groups in total. The Morgan fingerprint density at radius 1 is 1.42 bits per heavy atom. The number of ether oxygens (including phenoxy) is 2. The fourth-order valence-corrected chi connectivity index (χ4v) is 2.00. The Morgan fingerprint density at radius 2 is 2.16 bits per heavy atom. The van der Waals surface area contributed by atoms with Crippen molar-refractivity contribution in [2.45, 2.75) is 32.7 Å². The van der Waals surface area contributed by atoms with Crippen LogP contribution in [0.5, 0.6) is 5.75 Å². The first-order valence-corrected chi connectivity index (χ1v) is 6.76. The predicted octanol–water partition coefficient (Wildman–Crippen LogP) is 3.49. The van der Waals surface area contributed by atoms with Crippen LogP contribution in [-0.2, 0) is 9.53 Å². The number of esters is 1. The van der Waals surface area contributed by atoms with Gasteiger partial charge in [-0.2, -0.15) is 0 Å². The summed E-state index contributed by atoms with van der Waals surface area (Å²) >= 11 is 6.05. The summed E-state index contributed by atoms with van der Waals surface area (Å²) in [7, 11) is 1.56. The number of halogens is 1. The van der Waals surface area contributed by atoms with Gasteiger partial charge in [0.15, 0.2) is 0 Å². The van der Waals surface area contributed by atoms with Crippen LogP contribution < -0.4 is 10.1 Å². The van der Waals surface area contributed by atoms with Gasteiger partial charge in [-0.15, -0.1) is 0 Å². The van der Waals surface area contributed by atoms with E-state index in [9.17, 15) is 4.79 Å². The lowest BCUT2D eigenvalue weighted by Crippen LogP contribution is -2.31. The van der Waals surface area contributed by atoms with Gasteiger partial charge in [-0.1, -0.05) is 24.9 Å². The van der Waals surface area contributed by atoms with E-state index in [1.165, 1.54) is 0 Å². The van der Waals surface area contributed by atoms with Gasteiger partial charge in [-0.05, 0) is 31.5 Å². The number of anilines is 1. The maximum Gasteiger partial charge on any atom is 0.328 e. The van der Waals surface area contributed by atoms with E-state index in [2.05, 4.69) is 5.32 Å². The van der Waals surface area contributed by atoms with Gasteiger partial charge in [0.05, 0.1) is 18.7 Å². The van der Waals surface area contributed by atoms with Crippen molar-refractivity contribution in [1.29, 1.82) is 0 Å². The van der Waals surface area contributed by atoms with Gasteiger partial charge in [-0.25, -0.2) is 4.79 Å². The van der Waals surface area contributed by atoms with Crippen LogP contribution in [0.25, 0.3) is 0 Å². The van der Waals surface area contributed by atoms with Crippen molar-refractivity contribution in [2.75, 3.05) is 19.0 Å². The van der Waals surface area contributed by atoms with E-state index in [1.807, 2.05) is 13.0 Å². The molecule has 0 spiro atoms. The average Bonchev–Trinajstić information content (AvgIpc) is 2.39. The maximum atomic E-state index is 11.8. The highest BCUT2D eigenvalue weighted by Gasteiger charge is 2.18. The monoisotopic (exact) mass is 285 g/mol. The van der Waals surface area contributed by atoms with Crippen molar-refractivity contribution in [2.24, 2.45) is 0 Å². The van der Waals surface area contributed by atoms with E-state index in [0.29, 0.717) is 23.8 Å². The van der Waals surface area contributed by atoms with Crippen LogP contribution in [-0.4, -0.2) is 25.7 Å². The standard InChI is InChI=1S/C14H20ClNO3/c1-4-6-12(14(17)19-5-2)16-10-7-8-13(18-3)11(15)9-10/h7-9,12,16H,4-6H2,1-3H3. The van der Waals surface area contributed by atoms with E-state index in [-0.39, 0.29) is 12.0 Å². The van der Waals surface area contributed by atoms with Gasteiger partial charge in [0.1, 0.15) is 11.8 Å². The summed E-state index contributed by atoms with van der Waals surface area (Å²) in [6, 6.07) is 4.97. The SMILES string of the molecule is CCCC(Nc1ccc(OC)c(Cl)c1)C(=O)OCC. The van der Waals surface area contributed by atoms with Gasteiger partial charge in [0.25, 0.3) is 0 Å². The minimum Gasteiger partial charge on any atom is -0.495 e. The Bertz CT molecular complexity index is 423. The molecule has 0 saturated heterocycles. The number of hydrogen-bond acceptors (Lipinski definition) is 4. The Morgan fingerprint density at radius 3 is 2.68 bits per heavy atom. The Balaban J connectivity index is 2.78. The highest BCUT2D eigenvalue weighted by atomic mass is 35.5. The van der Waals surface area contributed by atoms with Crippen LogP contribution in [0.2, 0.25) is 5.02 Å². The number of carbonyl (C=O) groups excluding carboxylic acids is 1. The van der Waals surface area contributed by atoms with Crippen molar-refractivity contribution >= 4 is 23.3 Å². The molecule has 1 rings (SSSR count). The summed E-state index contributed by atoms with van der Waals surface area (Å²) in [4.78, 5) is 11.8. The van der Waals surface area contributed by atoms with E-state index < -0.39 is 0 Å². The molecule has 5 heteroatoms. The molecule has 0 amide bonds. The van der Waals surface area contributed by atoms with Crippen molar-refractivity contribution in [3.8, 4) is 5.75 Å². The summed E-state index contributed by atoms with van der Waals surface area (Å²) in [6.45, 7) is 4.20. The molecule has 0 saturated carbocycles. The number of hydrogen-bond donors (Lipinski definition) is 1. The molecular weight excluding hydrogens is 266 g/mol. The summed E-state index contributed by atoms with van der Waals surface area (Å²) in [5.41, 5.74) is 0.775. The van der Waals surface area contributed by atoms with Crippen molar-refractivity contribution < 1.29 is 14.3 Å². The lowest BCUT2D eigenvalue weighted by atomic mass is 10.1. The second kappa shape index (κ2) is 7.89. The smallest absolute Gasteiger partial charge is 0.328 e. The van der Waals surface area contributed by atoms with Crippen LogP contribution in [0.4, 0.5) is 5.69 Å². The third-order valence-corrected chi connectivity index (χ3v) is 2.94. The molecule has 1 aromatic carbocycles. The van der Waals surface area contributed by atoms with Gasteiger partial charge in [0, 0.05) is 5.69 Å². The molecule has 0 aromatic heterocycles. The fourth-order valence-electron chi connectivity index (χ4n) is 1.74. The zero-order chi connectivity index (χ0) is 14.3. The molecule has 1 aromatic rings. The molecule has 0 fully saturated rings. The minimum absolute atomic E-state index is 0.240. The lowest BCUT2D eigenvalue weighted by Gasteiger charge is -2.18. The summed E-state index contributed by atoms with van der Waals surface area (Å²) in [6.07, 6.45) is 1.60. The highest BCUT2D eigenvalue weighted by Crippen LogP contribution is 2.27. The van der Waals surface area contributed by atoms with Gasteiger partial charge in [-0.3, -0.25) is 0 Å². The molecule has 0 aliphatic heterocycles. The Hall–Kier alpha value is -1.42. The number of nitrogens with one attached hydrogen (secondary N) is 1. The van der Waals surface area contributed by atoms with E-state index in [4.69, 9.17) is 21.1 Å². The van der Waals surface area contributed by atoms with E-state index in [1.54, 1.807) is 26.2 Å². The van der Waals surface area contributed by atoms with Crippen LogP contribution in [0.3, 0.4) is 0 Å². The first-order chi connectivity index (χ1) is 9.12. The van der Waals surface area contributed by atoms with Crippen LogP contribution in [0, 0.1) is 0 Å². The fraction of sp³-hybridized carbons (Fsp3) is 0.500. The molecule has 1 unspecified atom stereocenters. The Kier molecular flexibility index (Phi) is 6.50. The molecule has 19 heavy (non-hydrogen) atoms. The zero-order valence-corrected chi connectivity index (χ0v) is 12.3. The van der Waals surface area contributed by atoms with Gasteiger partial charge >= 0.3 is 5.97 Å². The van der Waals surface area contributed by atoms with Crippen LogP contribution in [0.1, 0.15) is 26.7 Å².